The summed E-state index contributed by atoms with van der Waals surface area (Å²) in [6, 6.07) is 14.8. The average Bonchev–Trinajstić information content (AvgIpc) is 2.46. The molecule has 0 aliphatic rings. The second kappa shape index (κ2) is 7.09. The SMILES string of the molecule is CC(NC(=S)Nc1cccc(F)c1)c1ccc(C(C)(C)C)cc1. The van der Waals surface area contributed by atoms with Crippen LogP contribution in [0.25, 0.3) is 0 Å². The molecule has 2 N–H and O–H groups in total. The molecule has 0 radical (unpaired) electrons. The Morgan fingerprint density at radius 2 is 1.74 bits per heavy atom. The van der Waals surface area contributed by atoms with Crippen LogP contribution in [-0.4, -0.2) is 5.11 Å². The highest BCUT2D eigenvalue weighted by molar-refractivity contribution is 7.80. The molecule has 0 saturated carbocycles. The molecule has 0 amide bonds. The Kier molecular flexibility index (Phi) is 5.37. The molecule has 2 aromatic carbocycles. The first kappa shape index (κ1) is 17.4. The largest absolute Gasteiger partial charge is 0.356 e. The van der Waals surface area contributed by atoms with Gasteiger partial charge in [0.15, 0.2) is 5.11 Å². The van der Waals surface area contributed by atoms with Gasteiger partial charge in [0.05, 0.1) is 6.04 Å². The Hall–Kier alpha value is -1.94. The molecule has 0 heterocycles. The lowest BCUT2D eigenvalue weighted by Crippen LogP contribution is -2.31. The Balaban J connectivity index is 1.98. The van der Waals surface area contributed by atoms with Crippen molar-refractivity contribution in [3.8, 4) is 0 Å². The van der Waals surface area contributed by atoms with Crippen LogP contribution < -0.4 is 10.6 Å². The Labute approximate surface area is 143 Å². The minimum Gasteiger partial charge on any atom is -0.356 e. The van der Waals surface area contributed by atoms with Crippen LogP contribution in [0.1, 0.15) is 44.9 Å². The van der Waals surface area contributed by atoms with Gasteiger partial charge in [-0.15, -0.1) is 0 Å². The van der Waals surface area contributed by atoms with Gasteiger partial charge in [0.1, 0.15) is 5.82 Å². The van der Waals surface area contributed by atoms with Crippen LogP contribution in [-0.2, 0) is 5.41 Å². The third-order valence-electron chi connectivity index (χ3n) is 3.71. The van der Waals surface area contributed by atoms with Crippen molar-refractivity contribution in [1.29, 1.82) is 0 Å². The van der Waals surface area contributed by atoms with Gasteiger partial charge >= 0.3 is 0 Å². The van der Waals surface area contributed by atoms with E-state index in [1.165, 1.54) is 17.7 Å². The smallest absolute Gasteiger partial charge is 0.171 e. The zero-order valence-corrected chi connectivity index (χ0v) is 14.8. The van der Waals surface area contributed by atoms with Gasteiger partial charge in [0, 0.05) is 5.69 Å². The predicted octanol–water partition coefficient (Wildman–Crippen LogP) is 5.17. The predicted molar refractivity (Wildman–Crippen MR) is 99.3 cm³/mol. The number of benzene rings is 2. The summed E-state index contributed by atoms with van der Waals surface area (Å²) in [6.45, 7) is 8.64. The average molecular weight is 330 g/mol. The first-order valence-electron chi connectivity index (χ1n) is 7.69. The van der Waals surface area contributed by atoms with E-state index in [9.17, 15) is 4.39 Å². The van der Waals surface area contributed by atoms with Crippen LogP contribution in [0.2, 0.25) is 0 Å². The van der Waals surface area contributed by atoms with E-state index in [-0.39, 0.29) is 17.3 Å². The van der Waals surface area contributed by atoms with Crippen molar-refractivity contribution >= 4 is 23.0 Å². The third kappa shape index (κ3) is 5.03. The van der Waals surface area contributed by atoms with E-state index in [0.29, 0.717) is 10.8 Å². The minimum absolute atomic E-state index is 0.0672. The molecule has 0 fully saturated rings. The maximum Gasteiger partial charge on any atom is 0.171 e. The lowest BCUT2D eigenvalue weighted by atomic mass is 9.86. The maximum absolute atomic E-state index is 13.2. The van der Waals surface area contributed by atoms with E-state index in [1.54, 1.807) is 12.1 Å². The van der Waals surface area contributed by atoms with E-state index in [2.05, 4.69) is 55.7 Å². The lowest BCUT2D eigenvalue weighted by molar-refractivity contribution is 0.589. The summed E-state index contributed by atoms with van der Waals surface area (Å²) in [7, 11) is 0. The summed E-state index contributed by atoms with van der Waals surface area (Å²) in [5.41, 5.74) is 3.23. The van der Waals surface area contributed by atoms with Crippen LogP contribution in [0, 0.1) is 5.82 Å². The summed E-state index contributed by atoms with van der Waals surface area (Å²) in [4.78, 5) is 0. The zero-order valence-electron chi connectivity index (χ0n) is 14.0. The van der Waals surface area contributed by atoms with Crippen molar-refractivity contribution < 1.29 is 4.39 Å². The van der Waals surface area contributed by atoms with Crippen LogP contribution in [0.3, 0.4) is 0 Å². The first-order valence-corrected chi connectivity index (χ1v) is 8.10. The summed E-state index contributed by atoms with van der Waals surface area (Å²) < 4.78 is 13.2. The van der Waals surface area contributed by atoms with Gasteiger partial charge in [-0.05, 0) is 53.9 Å². The number of nitrogens with one attached hydrogen (secondary N) is 2. The molecule has 1 atom stereocenters. The molecule has 2 nitrogen and oxygen atoms in total. The van der Waals surface area contributed by atoms with Gasteiger partial charge in [-0.2, -0.15) is 0 Å². The fourth-order valence-electron chi connectivity index (χ4n) is 2.29. The number of anilines is 1. The molecule has 1 unspecified atom stereocenters. The number of thiocarbonyl (C=S) groups is 1. The van der Waals surface area contributed by atoms with Crippen molar-refractivity contribution in [2.45, 2.75) is 39.2 Å². The van der Waals surface area contributed by atoms with E-state index in [4.69, 9.17) is 12.2 Å². The third-order valence-corrected chi connectivity index (χ3v) is 3.93. The highest BCUT2D eigenvalue weighted by Gasteiger charge is 2.14. The fourth-order valence-corrected chi connectivity index (χ4v) is 2.58. The number of halogens is 1. The van der Waals surface area contributed by atoms with Crippen LogP contribution in [0.4, 0.5) is 10.1 Å². The molecule has 0 aliphatic carbocycles. The molecule has 0 aliphatic heterocycles. The normalized spacial score (nSPS) is 12.6. The van der Waals surface area contributed by atoms with Crippen molar-refractivity contribution in [1.82, 2.24) is 5.32 Å². The van der Waals surface area contributed by atoms with Crippen LogP contribution in [0.15, 0.2) is 48.5 Å². The van der Waals surface area contributed by atoms with Crippen LogP contribution >= 0.6 is 12.2 Å². The van der Waals surface area contributed by atoms with Gasteiger partial charge in [0.2, 0.25) is 0 Å². The summed E-state index contributed by atoms with van der Waals surface area (Å²) in [5, 5.41) is 6.69. The summed E-state index contributed by atoms with van der Waals surface area (Å²) >= 11 is 5.30. The van der Waals surface area contributed by atoms with Gasteiger partial charge in [-0.25, -0.2) is 4.39 Å². The topological polar surface area (TPSA) is 24.1 Å². The number of hydrogen-bond donors (Lipinski definition) is 2. The van der Waals surface area contributed by atoms with Crippen molar-refractivity contribution in [2.75, 3.05) is 5.32 Å². The van der Waals surface area contributed by atoms with E-state index in [0.717, 1.165) is 5.56 Å². The first-order chi connectivity index (χ1) is 10.8. The van der Waals surface area contributed by atoms with E-state index in [1.807, 2.05) is 6.92 Å². The molecule has 2 aromatic rings. The molecule has 0 saturated heterocycles. The summed E-state index contributed by atoms with van der Waals surface area (Å²) in [6.07, 6.45) is 0. The molecular weight excluding hydrogens is 307 g/mol. The second-order valence-corrected chi connectivity index (χ2v) is 7.11. The Bertz CT molecular complexity index is 675. The van der Waals surface area contributed by atoms with E-state index >= 15 is 0 Å². The monoisotopic (exact) mass is 330 g/mol. The zero-order chi connectivity index (χ0) is 17.0. The molecule has 4 heteroatoms. The van der Waals surface area contributed by atoms with Crippen molar-refractivity contribution in [2.24, 2.45) is 0 Å². The lowest BCUT2D eigenvalue weighted by Gasteiger charge is -2.21. The molecule has 23 heavy (non-hydrogen) atoms. The summed E-state index contributed by atoms with van der Waals surface area (Å²) in [5.74, 6) is -0.288. The molecule has 2 rings (SSSR count). The molecule has 0 bridgehead atoms. The second-order valence-electron chi connectivity index (χ2n) is 6.70. The van der Waals surface area contributed by atoms with Gasteiger partial charge in [-0.1, -0.05) is 51.1 Å². The highest BCUT2D eigenvalue weighted by Crippen LogP contribution is 2.24. The molecule has 0 aromatic heterocycles. The quantitative estimate of drug-likeness (QED) is 0.759. The van der Waals surface area contributed by atoms with Crippen molar-refractivity contribution in [3.63, 3.8) is 0 Å². The standard InChI is InChI=1S/C19H23FN2S/c1-13(14-8-10-15(11-9-14)19(2,3)4)21-18(23)22-17-7-5-6-16(20)12-17/h5-13H,1-4H3,(H2,21,22,23). The van der Waals surface area contributed by atoms with Crippen LogP contribution in [0.5, 0.6) is 0 Å². The number of rotatable bonds is 3. The minimum atomic E-state index is -0.288. The number of hydrogen-bond acceptors (Lipinski definition) is 1. The van der Waals surface area contributed by atoms with Gasteiger partial charge in [-0.3, -0.25) is 0 Å². The molecule has 122 valence electrons. The fraction of sp³-hybridized carbons (Fsp3) is 0.316. The molecular formula is C19H23FN2S. The van der Waals surface area contributed by atoms with Gasteiger partial charge < -0.3 is 10.6 Å². The maximum atomic E-state index is 13.2. The van der Waals surface area contributed by atoms with E-state index < -0.39 is 0 Å². The molecule has 0 spiro atoms. The van der Waals surface area contributed by atoms with Crippen molar-refractivity contribution in [3.05, 3.63) is 65.5 Å². The highest BCUT2D eigenvalue weighted by atomic mass is 32.1. The van der Waals surface area contributed by atoms with Gasteiger partial charge in [0.25, 0.3) is 0 Å². The Morgan fingerprint density at radius 1 is 1.09 bits per heavy atom. The Morgan fingerprint density at radius 3 is 2.30 bits per heavy atom.